The molecule has 2 aliphatic heterocycles. The second-order valence-electron chi connectivity index (χ2n) is 12.3. The number of pyridine rings is 1. The monoisotopic (exact) mass is 606 g/mol. The van der Waals surface area contributed by atoms with Crippen molar-refractivity contribution >= 4 is 16.9 Å². The van der Waals surface area contributed by atoms with Crippen LogP contribution < -0.4 is 5.32 Å². The van der Waals surface area contributed by atoms with Crippen LogP contribution in [-0.4, -0.2) is 89.0 Å². The maximum absolute atomic E-state index is 13.6. The number of nitrogens with one attached hydrogen (secondary N) is 2. The molecule has 2 saturated heterocycles. The van der Waals surface area contributed by atoms with E-state index in [9.17, 15) is 23.5 Å². The molecule has 3 aliphatic rings. The number of aromatic amines is 1. The quantitative estimate of drug-likeness (QED) is 0.274. The summed E-state index contributed by atoms with van der Waals surface area (Å²) in [5.41, 5.74) is 1.66. The van der Waals surface area contributed by atoms with Crippen molar-refractivity contribution in [3.05, 3.63) is 54.4 Å². The Kier molecular flexibility index (Phi) is 7.26. The number of nitrogens with zero attached hydrogens (tertiary/aromatic N) is 8. The molecule has 1 aliphatic carbocycles. The lowest BCUT2D eigenvalue weighted by atomic mass is 9.69. The van der Waals surface area contributed by atoms with E-state index < -0.39 is 18.0 Å². The summed E-state index contributed by atoms with van der Waals surface area (Å²) >= 11 is 0. The lowest BCUT2D eigenvalue weighted by molar-refractivity contribution is -0.141. The fourth-order valence-corrected chi connectivity index (χ4v) is 6.89. The summed E-state index contributed by atoms with van der Waals surface area (Å²) in [6.45, 7) is 2.87. The molecule has 4 aromatic heterocycles. The third-order valence-corrected chi connectivity index (χ3v) is 9.25. The molecular formula is C30H33F3N10O. The molecule has 0 bridgehead atoms. The first-order valence-corrected chi connectivity index (χ1v) is 14.9. The fourth-order valence-electron chi connectivity index (χ4n) is 6.89. The average molecular weight is 607 g/mol. The summed E-state index contributed by atoms with van der Waals surface area (Å²) in [6.07, 6.45) is 5.66. The van der Waals surface area contributed by atoms with Crippen molar-refractivity contribution in [2.24, 2.45) is 0 Å². The van der Waals surface area contributed by atoms with Crippen LogP contribution in [0.3, 0.4) is 0 Å². The van der Waals surface area contributed by atoms with Crippen molar-refractivity contribution < 1.29 is 18.3 Å². The van der Waals surface area contributed by atoms with Crippen molar-refractivity contribution in [2.45, 2.75) is 68.6 Å². The van der Waals surface area contributed by atoms with E-state index in [1.165, 1.54) is 6.33 Å². The van der Waals surface area contributed by atoms with E-state index in [0.29, 0.717) is 37.7 Å². The molecule has 0 radical (unpaired) electrons. The molecule has 44 heavy (non-hydrogen) atoms. The van der Waals surface area contributed by atoms with Gasteiger partial charge in [0.2, 0.25) is 0 Å². The van der Waals surface area contributed by atoms with Gasteiger partial charge in [0.05, 0.1) is 36.0 Å². The van der Waals surface area contributed by atoms with Gasteiger partial charge in [0.15, 0.2) is 0 Å². The number of halogens is 3. The maximum atomic E-state index is 13.6. The molecule has 7 rings (SSSR count). The molecule has 0 unspecified atom stereocenters. The van der Waals surface area contributed by atoms with E-state index in [4.69, 9.17) is 0 Å². The Labute approximate surface area is 251 Å². The molecular weight excluding hydrogens is 573 g/mol. The highest BCUT2D eigenvalue weighted by Gasteiger charge is 2.49. The van der Waals surface area contributed by atoms with Gasteiger partial charge in [-0.2, -0.15) is 23.5 Å². The van der Waals surface area contributed by atoms with E-state index in [2.05, 4.69) is 41.3 Å². The van der Waals surface area contributed by atoms with Crippen molar-refractivity contribution in [3.8, 4) is 17.3 Å². The number of hydrogen-bond acceptors (Lipinski definition) is 9. The Bertz CT molecular complexity index is 1670. The van der Waals surface area contributed by atoms with Crippen molar-refractivity contribution in [1.82, 2.24) is 39.5 Å². The number of hydrogen-bond donors (Lipinski definition) is 3. The predicted octanol–water partition coefficient (Wildman–Crippen LogP) is 3.76. The molecule has 3 fully saturated rings. The van der Waals surface area contributed by atoms with E-state index in [1.54, 1.807) is 12.3 Å². The van der Waals surface area contributed by atoms with Gasteiger partial charge in [-0.1, -0.05) is 0 Å². The highest BCUT2D eigenvalue weighted by molar-refractivity contribution is 5.90. The van der Waals surface area contributed by atoms with Crippen LogP contribution in [0.15, 0.2) is 43.1 Å². The first-order valence-electron chi connectivity index (χ1n) is 14.9. The standard InChI is InChI=1S/C30H33F3N10O/c31-30(32,33)25-9-19(14-41-16-23(44)17-41)10-26(40-25)39-21-2-7-42(8-3-21)22-11-29(12-22,4-5-34)43-15-20(13-38-43)27-24-1-6-35-28(24)37-18-36-27/h1,6,9-10,13,15,18,21-23,44H,2-4,7-8,11-12,14,16-17H2,(H,39,40)(H,35,36,37). The second-order valence-corrected chi connectivity index (χ2v) is 12.3. The third-order valence-electron chi connectivity index (χ3n) is 9.25. The second kappa shape index (κ2) is 11.1. The lowest BCUT2D eigenvalue weighted by Crippen LogP contribution is -2.58. The number of anilines is 1. The van der Waals surface area contributed by atoms with Crippen LogP contribution in [0.1, 0.15) is 43.4 Å². The van der Waals surface area contributed by atoms with E-state index in [1.807, 2.05) is 28.0 Å². The van der Waals surface area contributed by atoms with Crippen molar-refractivity contribution in [3.63, 3.8) is 0 Å². The summed E-state index contributed by atoms with van der Waals surface area (Å²) in [5.74, 6) is 0.237. The predicted molar refractivity (Wildman–Crippen MR) is 155 cm³/mol. The van der Waals surface area contributed by atoms with Crippen LogP contribution in [0.5, 0.6) is 0 Å². The van der Waals surface area contributed by atoms with Gasteiger partial charge in [-0.15, -0.1) is 0 Å². The zero-order valence-corrected chi connectivity index (χ0v) is 24.0. The SMILES string of the molecule is N#CCC1(n2cc(-c3ncnc4[nH]ccc34)cn2)CC(N2CCC(Nc3cc(CN4CC(O)C4)cc(C(F)(F)F)n3)CC2)C1. The number of fused-ring (bicyclic) bond motifs is 1. The van der Waals surface area contributed by atoms with Gasteiger partial charge in [-0.25, -0.2) is 15.0 Å². The molecule has 1 saturated carbocycles. The van der Waals surface area contributed by atoms with Gasteiger partial charge in [0, 0.05) is 68.2 Å². The van der Waals surface area contributed by atoms with Crippen molar-refractivity contribution in [1.29, 1.82) is 5.26 Å². The van der Waals surface area contributed by atoms with E-state index >= 15 is 0 Å². The minimum absolute atomic E-state index is 0.0108. The van der Waals surface area contributed by atoms with E-state index in [-0.39, 0.29) is 17.4 Å². The van der Waals surface area contributed by atoms with Crippen LogP contribution in [0.4, 0.5) is 19.0 Å². The highest BCUT2D eigenvalue weighted by Crippen LogP contribution is 2.45. The number of alkyl halides is 3. The summed E-state index contributed by atoms with van der Waals surface area (Å²) < 4.78 is 42.7. The maximum Gasteiger partial charge on any atom is 0.433 e. The molecule has 230 valence electrons. The zero-order chi connectivity index (χ0) is 30.5. The molecule has 0 atom stereocenters. The fraction of sp³-hybridized carbons (Fsp3) is 0.500. The molecule has 11 nitrogen and oxygen atoms in total. The normalized spacial score (nSPS) is 23.8. The molecule has 3 N–H and O–H groups in total. The van der Waals surface area contributed by atoms with Gasteiger partial charge < -0.3 is 20.3 Å². The van der Waals surface area contributed by atoms with Crippen LogP contribution >= 0.6 is 0 Å². The Morgan fingerprint density at radius 1 is 1.16 bits per heavy atom. The first kappa shape index (κ1) is 28.7. The number of piperidine rings is 1. The molecule has 0 amide bonds. The number of aliphatic hydroxyl groups is 1. The topological polar surface area (TPSA) is 135 Å². The highest BCUT2D eigenvalue weighted by atomic mass is 19.4. The summed E-state index contributed by atoms with van der Waals surface area (Å²) in [5, 5.41) is 28.1. The summed E-state index contributed by atoms with van der Waals surface area (Å²) in [7, 11) is 0. The van der Waals surface area contributed by atoms with Crippen LogP contribution in [0.25, 0.3) is 22.3 Å². The number of β-amino-alcohol motifs (C(OH)–C–C–N with tert-alkyl or cyclic N) is 1. The number of H-pyrrole nitrogens is 1. The largest absolute Gasteiger partial charge is 0.433 e. The minimum Gasteiger partial charge on any atom is -0.390 e. The average Bonchev–Trinajstić information content (AvgIpc) is 3.64. The number of nitriles is 1. The van der Waals surface area contributed by atoms with Crippen molar-refractivity contribution in [2.75, 3.05) is 31.5 Å². The van der Waals surface area contributed by atoms with E-state index in [0.717, 1.165) is 67.1 Å². The number of aromatic nitrogens is 6. The van der Waals surface area contributed by atoms with Gasteiger partial charge in [0.25, 0.3) is 0 Å². The summed E-state index contributed by atoms with van der Waals surface area (Å²) in [6, 6.07) is 7.40. The molecule has 4 aromatic rings. The number of aliphatic hydroxyl groups excluding tert-OH is 1. The number of rotatable bonds is 8. The third kappa shape index (κ3) is 5.51. The zero-order valence-electron chi connectivity index (χ0n) is 24.0. The first-order chi connectivity index (χ1) is 21.2. The van der Waals surface area contributed by atoms with Gasteiger partial charge in [-0.3, -0.25) is 9.58 Å². The Balaban J connectivity index is 0.981. The van der Waals surface area contributed by atoms with Gasteiger partial charge in [-0.05, 0) is 49.4 Å². The molecule has 0 aromatic carbocycles. The Morgan fingerprint density at radius 3 is 2.68 bits per heavy atom. The minimum atomic E-state index is -4.54. The van der Waals surface area contributed by atoms with Gasteiger partial charge in [0.1, 0.15) is 23.5 Å². The summed E-state index contributed by atoms with van der Waals surface area (Å²) in [4.78, 5) is 20.1. The smallest absolute Gasteiger partial charge is 0.390 e. The van der Waals surface area contributed by atoms with Crippen LogP contribution in [0, 0.1) is 11.3 Å². The molecule has 14 heteroatoms. The van der Waals surface area contributed by atoms with Gasteiger partial charge >= 0.3 is 6.18 Å². The Hall–Kier alpha value is -4.06. The molecule has 6 heterocycles. The van der Waals surface area contributed by atoms with Crippen LogP contribution in [-0.2, 0) is 18.3 Å². The van der Waals surface area contributed by atoms with Crippen LogP contribution in [0.2, 0.25) is 0 Å². The Morgan fingerprint density at radius 2 is 1.95 bits per heavy atom. The lowest BCUT2D eigenvalue weighted by Gasteiger charge is -2.52. The number of likely N-dealkylation sites (tertiary alicyclic amines) is 2. The molecule has 0 spiro atoms.